The molecule has 1 amide bonds. The summed E-state index contributed by atoms with van der Waals surface area (Å²) >= 11 is 0. The van der Waals surface area contributed by atoms with Crippen molar-refractivity contribution >= 4 is 15.9 Å². The van der Waals surface area contributed by atoms with Gasteiger partial charge in [0, 0.05) is 5.56 Å². The van der Waals surface area contributed by atoms with Gasteiger partial charge in [0.15, 0.2) is 0 Å². The van der Waals surface area contributed by atoms with Crippen molar-refractivity contribution in [2.75, 3.05) is 20.3 Å². The lowest BCUT2D eigenvalue weighted by atomic mass is 10.1. The number of hydrogen-bond donors (Lipinski definition) is 2. The van der Waals surface area contributed by atoms with E-state index in [-0.39, 0.29) is 17.4 Å². The quantitative estimate of drug-likeness (QED) is 0.680. The van der Waals surface area contributed by atoms with Crippen LogP contribution in [0.5, 0.6) is 11.5 Å². The fraction of sp³-hybridized carbons (Fsp3) is 0.278. The highest BCUT2D eigenvalue weighted by atomic mass is 32.2. The lowest BCUT2D eigenvalue weighted by Gasteiger charge is -2.12. The molecular weight excluding hydrogens is 356 g/mol. The molecule has 3 N–H and O–H groups in total. The van der Waals surface area contributed by atoms with E-state index in [1.165, 1.54) is 12.1 Å². The van der Waals surface area contributed by atoms with Crippen molar-refractivity contribution in [2.45, 2.75) is 18.2 Å². The first-order valence-electron chi connectivity index (χ1n) is 8.06. The number of ether oxygens (including phenoxy) is 2. The summed E-state index contributed by atoms with van der Waals surface area (Å²) in [6, 6.07) is 11.3. The molecule has 0 atom stereocenters. The van der Waals surface area contributed by atoms with Gasteiger partial charge < -0.3 is 14.8 Å². The first-order chi connectivity index (χ1) is 12.3. The summed E-state index contributed by atoms with van der Waals surface area (Å²) in [4.78, 5) is 12.1. The van der Waals surface area contributed by atoms with Crippen molar-refractivity contribution in [3.05, 3.63) is 53.6 Å². The van der Waals surface area contributed by atoms with Crippen molar-refractivity contribution in [1.29, 1.82) is 0 Å². The van der Waals surface area contributed by atoms with Crippen LogP contribution in [0.25, 0.3) is 0 Å². The second-order valence-electron chi connectivity index (χ2n) is 5.50. The van der Waals surface area contributed by atoms with Gasteiger partial charge in [-0.15, -0.1) is 0 Å². The maximum absolute atomic E-state index is 12.0. The van der Waals surface area contributed by atoms with Gasteiger partial charge >= 0.3 is 0 Å². The van der Waals surface area contributed by atoms with Crippen LogP contribution in [0.3, 0.4) is 0 Å². The van der Waals surface area contributed by atoms with E-state index in [2.05, 4.69) is 5.32 Å². The number of nitrogens with two attached hydrogens (primary N) is 1. The zero-order valence-corrected chi connectivity index (χ0v) is 15.5. The third kappa shape index (κ3) is 5.21. The molecule has 0 saturated carbocycles. The summed E-state index contributed by atoms with van der Waals surface area (Å²) in [5.41, 5.74) is 1.26. The molecule has 0 unspecified atom stereocenters. The van der Waals surface area contributed by atoms with E-state index < -0.39 is 10.0 Å². The summed E-state index contributed by atoms with van der Waals surface area (Å²) < 4.78 is 33.5. The van der Waals surface area contributed by atoms with Crippen molar-refractivity contribution < 1.29 is 22.7 Å². The van der Waals surface area contributed by atoms with Gasteiger partial charge in [-0.1, -0.05) is 6.92 Å². The van der Waals surface area contributed by atoms with Crippen molar-refractivity contribution in [2.24, 2.45) is 5.14 Å². The average Bonchev–Trinajstić information content (AvgIpc) is 2.64. The molecule has 0 aliphatic rings. The molecule has 7 nitrogen and oxygen atoms in total. The molecule has 2 aromatic rings. The Kier molecular flexibility index (Phi) is 6.59. The second kappa shape index (κ2) is 8.68. The monoisotopic (exact) mass is 378 g/mol. The molecule has 26 heavy (non-hydrogen) atoms. The third-order valence-electron chi connectivity index (χ3n) is 3.74. The first-order valence-corrected chi connectivity index (χ1v) is 9.60. The molecule has 0 aromatic heterocycles. The summed E-state index contributed by atoms with van der Waals surface area (Å²) in [5.74, 6) is 1.04. The molecular formula is C18H22N2O5S. The van der Waals surface area contributed by atoms with Crippen LogP contribution >= 0.6 is 0 Å². The minimum Gasteiger partial charge on any atom is -0.497 e. The van der Waals surface area contributed by atoms with Gasteiger partial charge in [0.2, 0.25) is 10.0 Å². The topological polar surface area (TPSA) is 108 Å². The fourth-order valence-corrected chi connectivity index (χ4v) is 2.88. The number of rotatable bonds is 8. The standard InChI is InChI=1S/C18H22N2O5S/c1-3-13-12-16(26(19,22)23)8-9-17(13)25-11-10-20-18(21)14-4-6-15(24-2)7-5-14/h4-9,12H,3,10-11H2,1-2H3,(H,20,21)(H2,19,22,23). The fourth-order valence-electron chi connectivity index (χ4n) is 2.32. The summed E-state index contributed by atoms with van der Waals surface area (Å²) in [6.07, 6.45) is 0.594. The molecule has 2 aromatic carbocycles. The van der Waals surface area contributed by atoms with Gasteiger partial charge in [0.25, 0.3) is 5.91 Å². The minimum absolute atomic E-state index is 0.0505. The lowest BCUT2D eigenvalue weighted by molar-refractivity contribution is 0.0947. The van der Waals surface area contributed by atoms with E-state index in [0.717, 1.165) is 5.56 Å². The molecule has 0 bridgehead atoms. The average molecular weight is 378 g/mol. The molecule has 0 fully saturated rings. The smallest absolute Gasteiger partial charge is 0.251 e. The molecule has 0 heterocycles. The predicted molar refractivity (Wildman–Crippen MR) is 98.0 cm³/mol. The Morgan fingerprint density at radius 1 is 1.15 bits per heavy atom. The molecule has 0 aliphatic carbocycles. The molecule has 0 aliphatic heterocycles. The molecule has 2 rings (SSSR count). The third-order valence-corrected chi connectivity index (χ3v) is 4.65. The minimum atomic E-state index is -3.75. The molecule has 8 heteroatoms. The summed E-state index contributed by atoms with van der Waals surface area (Å²) in [6.45, 7) is 2.45. The Morgan fingerprint density at radius 3 is 2.42 bits per heavy atom. The SMILES string of the molecule is CCc1cc(S(N)(=O)=O)ccc1OCCNC(=O)c1ccc(OC)cc1. The number of amides is 1. The highest BCUT2D eigenvalue weighted by Crippen LogP contribution is 2.22. The number of nitrogens with one attached hydrogen (secondary N) is 1. The number of primary sulfonamides is 1. The predicted octanol–water partition coefficient (Wildman–Crippen LogP) is 1.71. The number of aryl methyl sites for hydroxylation is 1. The van der Waals surface area contributed by atoms with E-state index >= 15 is 0 Å². The maximum atomic E-state index is 12.0. The van der Waals surface area contributed by atoms with Crippen LogP contribution in [-0.2, 0) is 16.4 Å². The van der Waals surface area contributed by atoms with E-state index in [4.69, 9.17) is 14.6 Å². The Balaban J connectivity index is 1.90. The molecule has 0 radical (unpaired) electrons. The Bertz CT molecular complexity index is 864. The molecule has 0 saturated heterocycles. The highest BCUT2D eigenvalue weighted by molar-refractivity contribution is 7.89. The van der Waals surface area contributed by atoms with Crippen LogP contribution in [0.1, 0.15) is 22.8 Å². The Morgan fingerprint density at radius 2 is 1.85 bits per heavy atom. The van der Waals surface area contributed by atoms with Gasteiger partial charge in [-0.2, -0.15) is 0 Å². The van der Waals surface area contributed by atoms with Crippen LogP contribution in [0.2, 0.25) is 0 Å². The Hall–Kier alpha value is -2.58. The van der Waals surface area contributed by atoms with Crippen LogP contribution in [0.15, 0.2) is 47.4 Å². The van der Waals surface area contributed by atoms with E-state index in [9.17, 15) is 13.2 Å². The second-order valence-corrected chi connectivity index (χ2v) is 7.06. The van der Waals surface area contributed by atoms with Gasteiger partial charge in [0.05, 0.1) is 18.6 Å². The molecule has 140 valence electrons. The van der Waals surface area contributed by atoms with Crippen LogP contribution in [0.4, 0.5) is 0 Å². The van der Waals surface area contributed by atoms with Crippen LogP contribution in [-0.4, -0.2) is 34.6 Å². The van der Waals surface area contributed by atoms with Crippen LogP contribution < -0.4 is 19.9 Å². The van der Waals surface area contributed by atoms with Gasteiger partial charge in [0.1, 0.15) is 18.1 Å². The zero-order chi connectivity index (χ0) is 19.2. The zero-order valence-electron chi connectivity index (χ0n) is 14.7. The maximum Gasteiger partial charge on any atom is 0.251 e. The normalized spacial score (nSPS) is 11.0. The Labute approximate surface area is 153 Å². The number of carbonyl (C=O) groups excluding carboxylic acids is 1. The number of carbonyl (C=O) groups is 1. The van der Waals surface area contributed by atoms with Gasteiger partial charge in [-0.3, -0.25) is 4.79 Å². The van der Waals surface area contributed by atoms with Crippen molar-refractivity contribution in [1.82, 2.24) is 5.32 Å². The first kappa shape index (κ1) is 19.7. The number of methoxy groups -OCH3 is 1. The van der Waals surface area contributed by atoms with E-state index in [0.29, 0.717) is 30.0 Å². The van der Waals surface area contributed by atoms with Gasteiger partial charge in [-0.05, 0) is 54.4 Å². The van der Waals surface area contributed by atoms with Gasteiger partial charge in [-0.25, -0.2) is 13.6 Å². The number of benzene rings is 2. The number of sulfonamides is 1. The van der Waals surface area contributed by atoms with E-state index in [1.807, 2.05) is 6.92 Å². The largest absolute Gasteiger partial charge is 0.497 e. The number of hydrogen-bond acceptors (Lipinski definition) is 5. The summed E-state index contributed by atoms with van der Waals surface area (Å²) in [7, 11) is -2.18. The van der Waals surface area contributed by atoms with Crippen LogP contribution in [0, 0.1) is 0 Å². The van der Waals surface area contributed by atoms with Crippen molar-refractivity contribution in [3.63, 3.8) is 0 Å². The van der Waals surface area contributed by atoms with Crippen molar-refractivity contribution in [3.8, 4) is 11.5 Å². The molecule has 0 spiro atoms. The lowest BCUT2D eigenvalue weighted by Crippen LogP contribution is -2.28. The summed E-state index contributed by atoms with van der Waals surface area (Å²) in [5, 5.41) is 7.89. The highest BCUT2D eigenvalue weighted by Gasteiger charge is 2.12. The van der Waals surface area contributed by atoms with E-state index in [1.54, 1.807) is 37.4 Å².